The number of furan rings is 1. The molecule has 0 fully saturated rings. The van der Waals surface area contributed by atoms with Gasteiger partial charge in [-0.25, -0.2) is 0 Å². The molecular weight excluding hydrogens is 296 g/mol. The summed E-state index contributed by atoms with van der Waals surface area (Å²) >= 11 is 0. The Morgan fingerprint density at radius 1 is 0.750 bits per heavy atom. The molecule has 0 saturated carbocycles. The quantitative estimate of drug-likeness (QED) is 0.387. The van der Waals surface area contributed by atoms with Crippen LogP contribution in [0.3, 0.4) is 0 Å². The first-order valence-corrected chi connectivity index (χ1v) is 8.00. The van der Waals surface area contributed by atoms with Gasteiger partial charge in [0.15, 0.2) is 5.58 Å². The average molecular weight is 308 g/mol. The molecule has 0 amide bonds. The van der Waals surface area contributed by atoms with Crippen molar-refractivity contribution < 1.29 is 4.42 Å². The molecule has 112 valence electrons. The molecule has 0 bridgehead atoms. The van der Waals surface area contributed by atoms with Crippen LogP contribution in [0.25, 0.3) is 54.6 Å². The van der Waals surface area contributed by atoms with Crippen molar-refractivity contribution in [3.05, 3.63) is 66.9 Å². The Morgan fingerprint density at radius 2 is 1.54 bits per heavy atom. The Kier molecular flexibility index (Phi) is 2.10. The van der Waals surface area contributed by atoms with Gasteiger partial charge in [-0.05, 0) is 18.2 Å². The largest absolute Gasteiger partial charge is 0.454 e. The van der Waals surface area contributed by atoms with E-state index in [1.165, 1.54) is 10.8 Å². The van der Waals surface area contributed by atoms with Crippen LogP contribution in [0.5, 0.6) is 0 Å². The Hall–Kier alpha value is -3.33. The van der Waals surface area contributed by atoms with Crippen molar-refractivity contribution >= 4 is 54.6 Å². The van der Waals surface area contributed by atoms with Crippen molar-refractivity contribution in [2.75, 3.05) is 0 Å². The zero-order valence-electron chi connectivity index (χ0n) is 12.7. The summed E-state index contributed by atoms with van der Waals surface area (Å²) in [6.07, 6.45) is 1.85. The van der Waals surface area contributed by atoms with Crippen LogP contribution in [-0.2, 0) is 0 Å². The molecule has 0 spiro atoms. The Balaban J connectivity index is 2.07. The first-order valence-electron chi connectivity index (χ1n) is 8.00. The van der Waals surface area contributed by atoms with Gasteiger partial charge >= 0.3 is 0 Å². The minimum atomic E-state index is 0.883. The van der Waals surface area contributed by atoms with Crippen molar-refractivity contribution in [2.24, 2.45) is 0 Å². The maximum absolute atomic E-state index is 6.23. The van der Waals surface area contributed by atoms with Crippen molar-refractivity contribution in [1.82, 2.24) is 9.97 Å². The van der Waals surface area contributed by atoms with Crippen LogP contribution >= 0.6 is 0 Å². The second-order valence-corrected chi connectivity index (χ2v) is 6.12. The third kappa shape index (κ3) is 1.35. The van der Waals surface area contributed by atoms with E-state index in [1.807, 2.05) is 36.5 Å². The summed E-state index contributed by atoms with van der Waals surface area (Å²) in [6.45, 7) is 0. The maximum Gasteiger partial charge on any atom is 0.161 e. The lowest BCUT2D eigenvalue weighted by Gasteiger charge is -2.02. The normalized spacial score (nSPS) is 12.2. The first-order chi connectivity index (χ1) is 11.9. The van der Waals surface area contributed by atoms with Crippen LogP contribution in [0, 0.1) is 0 Å². The predicted octanol–water partition coefficient (Wildman–Crippen LogP) is 5.77. The highest BCUT2D eigenvalue weighted by Crippen LogP contribution is 2.42. The molecule has 1 N–H and O–H groups in total. The summed E-state index contributed by atoms with van der Waals surface area (Å²) in [7, 11) is 0. The second kappa shape index (κ2) is 4.15. The van der Waals surface area contributed by atoms with E-state index in [1.54, 1.807) is 0 Å². The zero-order chi connectivity index (χ0) is 15.7. The highest BCUT2D eigenvalue weighted by atomic mass is 16.3. The van der Waals surface area contributed by atoms with Gasteiger partial charge in [-0.2, -0.15) is 0 Å². The van der Waals surface area contributed by atoms with E-state index in [2.05, 4.69) is 35.3 Å². The van der Waals surface area contributed by atoms with Crippen LogP contribution in [0.4, 0.5) is 0 Å². The molecule has 3 aromatic heterocycles. The number of nitrogens with one attached hydrogen (secondary N) is 1. The molecule has 0 radical (unpaired) electrons. The number of aromatic nitrogens is 2. The topological polar surface area (TPSA) is 41.8 Å². The Bertz CT molecular complexity index is 1300. The summed E-state index contributed by atoms with van der Waals surface area (Å²) < 4.78 is 6.23. The smallest absolute Gasteiger partial charge is 0.161 e. The van der Waals surface area contributed by atoms with Crippen LogP contribution in [-0.4, -0.2) is 9.97 Å². The Labute approximate surface area is 136 Å². The van der Waals surface area contributed by atoms with E-state index in [9.17, 15) is 0 Å². The van der Waals surface area contributed by atoms with Crippen molar-refractivity contribution in [3.63, 3.8) is 0 Å². The van der Waals surface area contributed by atoms with E-state index in [4.69, 9.17) is 9.40 Å². The first kappa shape index (κ1) is 12.1. The molecule has 0 atom stereocenters. The van der Waals surface area contributed by atoms with Gasteiger partial charge in [-0.1, -0.05) is 42.5 Å². The minimum Gasteiger partial charge on any atom is -0.454 e. The molecule has 6 rings (SSSR count). The second-order valence-electron chi connectivity index (χ2n) is 6.12. The van der Waals surface area contributed by atoms with E-state index >= 15 is 0 Å². The molecule has 3 heteroatoms. The minimum absolute atomic E-state index is 0.883. The van der Waals surface area contributed by atoms with Crippen LogP contribution in [0.1, 0.15) is 0 Å². The van der Waals surface area contributed by atoms with E-state index in [-0.39, 0.29) is 0 Å². The SMILES string of the molecule is c1ccc2c(c1)[nH]c1c3oc4ccccc4c3c3ncccc3c21. The summed E-state index contributed by atoms with van der Waals surface area (Å²) in [5, 5.41) is 5.73. The molecule has 3 nitrogen and oxygen atoms in total. The molecule has 3 heterocycles. The molecular formula is C21H12N2O. The Morgan fingerprint density at radius 3 is 2.50 bits per heavy atom. The molecule has 6 aromatic rings. The summed E-state index contributed by atoms with van der Waals surface area (Å²) in [5.41, 5.74) is 4.93. The van der Waals surface area contributed by atoms with E-state index in [0.29, 0.717) is 0 Å². The highest BCUT2D eigenvalue weighted by molar-refractivity contribution is 6.33. The number of H-pyrrole nitrogens is 1. The summed E-state index contributed by atoms with van der Waals surface area (Å²) in [5.74, 6) is 0. The molecule has 0 unspecified atom stereocenters. The third-order valence-electron chi connectivity index (χ3n) is 4.84. The predicted molar refractivity (Wildman–Crippen MR) is 98.4 cm³/mol. The van der Waals surface area contributed by atoms with Gasteiger partial charge in [0.25, 0.3) is 0 Å². The van der Waals surface area contributed by atoms with Gasteiger partial charge < -0.3 is 9.40 Å². The highest BCUT2D eigenvalue weighted by Gasteiger charge is 2.19. The number of rotatable bonds is 0. The molecule has 0 aliphatic heterocycles. The fourth-order valence-electron chi connectivity index (χ4n) is 3.85. The molecule has 0 aliphatic rings. The van der Waals surface area contributed by atoms with Gasteiger partial charge in [-0.15, -0.1) is 0 Å². The van der Waals surface area contributed by atoms with Gasteiger partial charge in [-0.3, -0.25) is 4.98 Å². The standard InChI is InChI=1S/C21H12N2O/c1-3-9-15-12(6-1)17-14-8-5-11-22-19(14)18-13-7-2-4-10-16(13)24-21(18)20(17)23-15/h1-11,23H. The van der Waals surface area contributed by atoms with Gasteiger partial charge in [0, 0.05) is 33.3 Å². The van der Waals surface area contributed by atoms with E-state index in [0.717, 1.165) is 43.9 Å². The number of aromatic amines is 1. The number of benzene rings is 3. The van der Waals surface area contributed by atoms with Crippen molar-refractivity contribution in [3.8, 4) is 0 Å². The average Bonchev–Trinajstić information content (AvgIpc) is 3.21. The lowest BCUT2D eigenvalue weighted by atomic mass is 10.0. The number of fused-ring (bicyclic) bond motifs is 10. The summed E-state index contributed by atoms with van der Waals surface area (Å²) in [6, 6.07) is 20.7. The monoisotopic (exact) mass is 308 g/mol. The molecule has 0 aliphatic carbocycles. The number of hydrogen-bond acceptors (Lipinski definition) is 2. The van der Waals surface area contributed by atoms with Gasteiger partial charge in [0.1, 0.15) is 5.58 Å². The van der Waals surface area contributed by atoms with Gasteiger partial charge in [0.05, 0.1) is 16.4 Å². The maximum atomic E-state index is 6.23. The van der Waals surface area contributed by atoms with Gasteiger partial charge in [0.2, 0.25) is 0 Å². The van der Waals surface area contributed by atoms with Crippen LogP contribution < -0.4 is 0 Å². The third-order valence-corrected chi connectivity index (χ3v) is 4.84. The number of hydrogen-bond donors (Lipinski definition) is 1. The molecule has 24 heavy (non-hydrogen) atoms. The van der Waals surface area contributed by atoms with Crippen molar-refractivity contribution in [2.45, 2.75) is 0 Å². The number of pyridine rings is 1. The number of nitrogens with zero attached hydrogens (tertiary/aromatic N) is 1. The fraction of sp³-hybridized carbons (Fsp3) is 0. The van der Waals surface area contributed by atoms with Crippen LogP contribution in [0.2, 0.25) is 0 Å². The summed E-state index contributed by atoms with van der Waals surface area (Å²) in [4.78, 5) is 8.25. The number of para-hydroxylation sites is 2. The van der Waals surface area contributed by atoms with Crippen LogP contribution in [0.15, 0.2) is 71.3 Å². The zero-order valence-corrected chi connectivity index (χ0v) is 12.7. The lowest BCUT2D eigenvalue weighted by Crippen LogP contribution is -1.81. The fourth-order valence-corrected chi connectivity index (χ4v) is 3.85. The van der Waals surface area contributed by atoms with E-state index < -0.39 is 0 Å². The molecule has 3 aromatic carbocycles. The lowest BCUT2D eigenvalue weighted by molar-refractivity contribution is 0.672. The van der Waals surface area contributed by atoms with Crippen molar-refractivity contribution in [1.29, 1.82) is 0 Å². The molecule has 0 saturated heterocycles.